The van der Waals surface area contributed by atoms with Gasteiger partial charge in [-0.15, -0.1) is 0 Å². The van der Waals surface area contributed by atoms with Crippen molar-refractivity contribution in [1.82, 2.24) is 9.80 Å². The third kappa shape index (κ3) is 3.57. The Balaban J connectivity index is 1.39. The topological polar surface area (TPSA) is 53.0 Å². The standard InChI is InChI=1S/C29H34Cl2N2O3/c1-16(2)15-33(26(35)13-17-4-6-20(30)21(31)12-17)22-7-5-19-23-14-18-24(34)8-9-25-27(18)29(19,28(22)36-25)10-11-32(23)3/h4,6,8-9,12,16,19,22-23,28,34H,5,7,10-11,13-15H2,1-3H3/t19-,22-,23+,28-,29-/m0/s1. The predicted octanol–water partition coefficient (Wildman–Crippen LogP) is 5.46. The van der Waals surface area contributed by atoms with Gasteiger partial charge in [-0.3, -0.25) is 4.79 Å². The van der Waals surface area contributed by atoms with Gasteiger partial charge in [-0.05, 0) is 80.9 Å². The molecule has 5 atom stereocenters. The highest BCUT2D eigenvalue weighted by Crippen LogP contribution is 2.63. The second kappa shape index (κ2) is 8.82. The number of benzene rings is 2. The van der Waals surface area contributed by atoms with Crippen LogP contribution in [0, 0.1) is 11.8 Å². The van der Waals surface area contributed by atoms with Gasteiger partial charge in [0.05, 0.1) is 22.5 Å². The number of halogens is 2. The Kier molecular flexibility index (Phi) is 5.97. The van der Waals surface area contributed by atoms with Crippen molar-refractivity contribution >= 4 is 29.1 Å². The van der Waals surface area contributed by atoms with Crippen molar-refractivity contribution in [3.05, 3.63) is 57.1 Å². The Bertz CT molecular complexity index is 1220. The van der Waals surface area contributed by atoms with Gasteiger partial charge in [-0.1, -0.05) is 43.1 Å². The van der Waals surface area contributed by atoms with Crippen LogP contribution in [0.1, 0.15) is 49.8 Å². The molecule has 2 fully saturated rings. The molecule has 2 aliphatic heterocycles. The van der Waals surface area contributed by atoms with E-state index in [0.717, 1.165) is 49.1 Å². The molecule has 1 saturated heterocycles. The highest BCUT2D eigenvalue weighted by Gasteiger charge is 2.66. The first kappa shape index (κ1) is 24.4. The summed E-state index contributed by atoms with van der Waals surface area (Å²) in [5.74, 6) is 2.20. The molecule has 2 bridgehead atoms. The fourth-order valence-corrected chi connectivity index (χ4v) is 8.10. The minimum absolute atomic E-state index is 0.0107. The average Bonchev–Trinajstić information content (AvgIpc) is 3.17. The summed E-state index contributed by atoms with van der Waals surface area (Å²) in [4.78, 5) is 18.5. The molecular formula is C29H34Cl2N2O3. The molecule has 0 unspecified atom stereocenters. The van der Waals surface area contributed by atoms with Gasteiger partial charge in [-0.25, -0.2) is 0 Å². The number of phenolic OH excluding ortho intramolecular Hbond substituents is 1. The van der Waals surface area contributed by atoms with Gasteiger partial charge in [0.15, 0.2) is 0 Å². The fourth-order valence-electron chi connectivity index (χ4n) is 7.78. The molecular weight excluding hydrogens is 495 g/mol. The zero-order valence-electron chi connectivity index (χ0n) is 21.1. The number of hydrogen-bond acceptors (Lipinski definition) is 4. The van der Waals surface area contributed by atoms with Crippen LogP contribution < -0.4 is 4.74 Å². The summed E-state index contributed by atoms with van der Waals surface area (Å²) >= 11 is 12.4. The molecule has 0 radical (unpaired) electrons. The van der Waals surface area contributed by atoms with Crippen molar-refractivity contribution in [2.75, 3.05) is 20.1 Å². The van der Waals surface area contributed by atoms with Gasteiger partial charge in [-0.2, -0.15) is 0 Å². The number of likely N-dealkylation sites (tertiary alicyclic amines) is 1. The second-order valence-corrected chi connectivity index (χ2v) is 12.4. The Morgan fingerprint density at radius 3 is 2.78 bits per heavy atom. The van der Waals surface area contributed by atoms with E-state index in [1.807, 2.05) is 12.1 Å². The summed E-state index contributed by atoms with van der Waals surface area (Å²) in [6, 6.07) is 9.55. The summed E-state index contributed by atoms with van der Waals surface area (Å²) in [5.41, 5.74) is 3.00. The van der Waals surface area contributed by atoms with Crippen LogP contribution in [0.5, 0.6) is 11.5 Å². The van der Waals surface area contributed by atoms with Crippen molar-refractivity contribution in [3.8, 4) is 11.5 Å². The first-order chi connectivity index (χ1) is 17.2. The lowest BCUT2D eigenvalue weighted by atomic mass is 9.51. The molecule has 36 heavy (non-hydrogen) atoms. The number of likely N-dealkylation sites (N-methyl/N-ethyl adjacent to an activating group) is 1. The van der Waals surface area contributed by atoms with Crippen LogP contribution in [0.4, 0.5) is 0 Å². The van der Waals surface area contributed by atoms with E-state index < -0.39 is 0 Å². The van der Waals surface area contributed by atoms with Crippen LogP contribution in [-0.2, 0) is 23.1 Å². The average molecular weight is 530 g/mol. The molecule has 0 aromatic heterocycles. The molecule has 2 aromatic carbocycles. The van der Waals surface area contributed by atoms with E-state index >= 15 is 0 Å². The molecule has 1 N–H and O–H groups in total. The van der Waals surface area contributed by atoms with E-state index in [4.69, 9.17) is 27.9 Å². The summed E-state index contributed by atoms with van der Waals surface area (Å²) in [6.07, 6.45) is 4.03. The van der Waals surface area contributed by atoms with Gasteiger partial charge < -0.3 is 19.6 Å². The number of piperidine rings is 1. The lowest BCUT2D eigenvalue weighted by Gasteiger charge is -2.60. The van der Waals surface area contributed by atoms with Crippen LogP contribution in [0.3, 0.4) is 0 Å². The smallest absolute Gasteiger partial charge is 0.227 e. The first-order valence-electron chi connectivity index (χ1n) is 13.2. The van der Waals surface area contributed by atoms with Crippen molar-refractivity contribution in [2.45, 2.75) is 69.6 Å². The number of phenols is 1. The largest absolute Gasteiger partial charge is 0.508 e. The van der Waals surface area contributed by atoms with Gasteiger partial charge in [0.25, 0.3) is 0 Å². The summed E-state index contributed by atoms with van der Waals surface area (Å²) in [7, 11) is 2.21. The van der Waals surface area contributed by atoms with Gasteiger partial charge in [0.2, 0.25) is 5.91 Å². The molecule has 4 aliphatic rings. The van der Waals surface area contributed by atoms with Crippen LogP contribution in [-0.4, -0.2) is 59.1 Å². The lowest BCUT2D eigenvalue weighted by molar-refractivity contribution is -0.142. The minimum Gasteiger partial charge on any atom is -0.508 e. The van der Waals surface area contributed by atoms with E-state index in [0.29, 0.717) is 40.2 Å². The molecule has 1 amide bonds. The highest BCUT2D eigenvalue weighted by atomic mass is 35.5. The quantitative estimate of drug-likeness (QED) is 0.559. The number of carbonyl (C=O) groups excluding carboxylic acids is 1. The van der Waals surface area contributed by atoms with Crippen molar-refractivity contribution < 1.29 is 14.6 Å². The zero-order chi connectivity index (χ0) is 25.4. The Hall–Kier alpha value is -1.95. The molecule has 7 heteroatoms. The maximum Gasteiger partial charge on any atom is 0.227 e. The number of nitrogens with zero attached hydrogens (tertiary/aromatic N) is 2. The van der Waals surface area contributed by atoms with E-state index in [9.17, 15) is 9.90 Å². The maximum atomic E-state index is 13.9. The first-order valence-corrected chi connectivity index (χ1v) is 13.9. The number of hydrogen-bond donors (Lipinski definition) is 1. The number of rotatable bonds is 5. The van der Waals surface area contributed by atoms with Gasteiger partial charge >= 0.3 is 0 Å². The van der Waals surface area contributed by atoms with E-state index in [1.165, 1.54) is 5.56 Å². The molecule has 2 aliphatic carbocycles. The third-order valence-electron chi connectivity index (χ3n) is 9.21. The molecule has 2 aromatic rings. The van der Waals surface area contributed by atoms with Gasteiger partial charge in [0, 0.05) is 29.1 Å². The van der Waals surface area contributed by atoms with Crippen LogP contribution in [0.2, 0.25) is 10.0 Å². The lowest BCUT2D eigenvalue weighted by Crippen LogP contribution is -2.69. The molecule has 192 valence electrons. The normalized spacial score (nSPS) is 30.2. The van der Waals surface area contributed by atoms with Crippen molar-refractivity contribution in [1.29, 1.82) is 0 Å². The van der Waals surface area contributed by atoms with E-state index in [1.54, 1.807) is 18.2 Å². The number of aromatic hydroxyl groups is 1. The van der Waals surface area contributed by atoms with Gasteiger partial charge in [0.1, 0.15) is 17.6 Å². The van der Waals surface area contributed by atoms with Crippen molar-refractivity contribution in [3.63, 3.8) is 0 Å². The Morgan fingerprint density at radius 2 is 2.03 bits per heavy atom. The maximum absolute atomic E-state index is 13.9. The number of ether oxygens (including phenoxy) is 1. The Labute approximate surface area is 223 Å². The summed E-state index contributed by atoms with van der Waals surface area (Å²) < 4.78 is 6.82. The number of amides is 1. The predicted molar refractivity (Wildman–Crippen MR) is 142 cm³/mol. The monoisotopic (exact) mass is 528 g/mol. The molecule has 1 saturated carbocycles. The van der Waals surface area contributed by atoms with Crippen molar-refractivity contribution in [2.24, 2.45) is 11.8 Å². The van der Waals surface area contributed by atoms with Crippen LogP contribution >= 0.6 is 23.2 Å². The molecule has 2 heterocycles. The van der Waals surface area contributed by atoms with Crippen LogP contribution in [0.15, 0.2) is 30.3 Å². The molecule has 5 nitrogen and oxygen atoms in total. The summed E-state index contributed by atoms with van der Waals surface area (Å²) in [5, 5.41) is 11.8. The zero-order valence-corrected chi connectivity index (χ0v) is 22.6. The molecule has 6 rings (SSSR count). The third-order valence-corrected chi connectivity index (χ3v) is 9.94. The summed E-state index contributed by atoms with van der Waals surface area (Å²) in [6.45, 7) is 6.01. The fraction of sp³-hybridized carbons (Fsp3) is 0.552. The highest BCUT2D eigenvalue weighted by molar-refractivity contribution is 6.42. The number of carbonyl (C=O) groups is 1. The molecule has 1 spiro atoms. The second-order valence-electron chi connectivity index (χ2n) is 11.6. The van der Waals surface area contributed by atoms with Crippen LogP contribution in [0.25, 0.3) is 0 Å². The minimum atomic E-state index is -0.152. The van der Waals surface area contributed by atoms with E-state index in [-0.39, 0.29) is 29.9 Å². The Morgan fingerprint density at radius 1 is 1.22 bits per heavy atom. The van der Waals surface area contributed by atoms with E-state index in [2.05, 4.69) is 30.7 Å². The SMILES string of the molecule is CC(C)CN(C(=O)Cc1ccc(Cl)c(Cl)c1)[C@H]1CC[C@H]2[C@H]3Cc4c(O)ccc5c4[C@@]2(CCN3C)[C@H]1O5.